The molecule has 0 fully saturated rings. The number of hydrogen-bond donors (Lipinski definition) is 2. The Bertz CT molecular complexity index is 1850. The van der Waals surface area contributed by atoms with Crippen LogP contribution in [0.4, 0.5) is 10.1 Å². The minimum absolute atomic E-state index is 0.0767. The van der Waals surface area contributed by atoms with Crippen molar-refractivity contribution >= 4 is 50.5 Å². The van der Waals surface area contributed by atoms with E-state index in [0.29, 0.717) is 34.0 Å². The van der Waals surface area contributed by atoms with Gasteiger partial charge < -0.3 is 19.9 Å². The van der Waals surface area contributed by atoms with Crippen molar-refractivity contribution in [1.82, 2.24) is 14.8 Å². The largest absolute Gasteiger partial charge is 0.462 e. The lowest BCUT2D eigenvalue weighted by atomic mass is 10.0. The van der Waals surface area contributed by atoms with E-state index in [1.807, 2.05) is 49.5 Å². The van der Waals surface area contributed by atoms with Crippen molar-refractivity contribution in [3.63, 3.8) is 0 Å². The molecule has 2 heterocycles. The van der Waals surface area contributed by atoms with Crippen molar-refractivity contribution < 1.29 is 13.9 Å². The van der Waals surface area contributed by atoms with Crippen molar-refractivity contribution in [3.05, 3.63) is 123 Å². The fourth-order valence-corrected chi connectivity index (χ4v) is 6.49. The van der Waals surface area contributed by atoms with Crippen molar-refractivity contribution in [2.24, 2.45) is 0 Å². The molecule has 226 valence electrons. The number of rotatable bonds is 10. The summed E-state index contributed by atoms with van der Waals surface area (Å²) in [6.45, 7) is 3.06. The molecule has 0 saturated heterocycles. The first-order valence-electron chi connectivity index (χ1n) is 14.2. The summed E-state index contributed by atoms with van der Waals surface area (Å²) in [6, 6.07) is 24.4. The van der Waals surface area contributed by atoms with Gasteiger partial charge in [0.25, 0.3) is 0 Å². The number of anilines is 1. The van der Waals surface area contributed by atoms with Crippen LogP contribution in [0.15, 0.2) is 89.9 Å². The average Bonchev–Trinajstić information content (AvgIpc) is 3.40. The van der Waals surface area contributed by atoms with Gasteiger partial charge in [0.1, 0.15) is 16.2 Å². The normalized spacial score (nSPS) is 11.1. The van der Waals surface area contributed by atoms with Crippen LogP contribution in [0.25, 0.3) is 20.7 Å². The van der Waals surface area contributed by atoms with E-state index in [9.17, 15) is 14.0 Å². The van der Waals surface area contributed by atoms with E-state index in [1.54, 1.807) is 36.7 Å². The topological polar surface area (TPSA) is 75.6 Å². The second-order valence-electron chi connectivity index (χ2n) is 10.3. The van der Waals surface area contributed by atoms with Crippen molar-refractivity contribution in [2.75, 3.05) is 26.0 Å². The highest BCUT2D eigenvalue weighted by Gasteiger charge is 2.25. The highest BCUT2D eigenvalue weighted by atomic mass is 32.1. The molecule has 0 saturated carbocycles. The molecular weight excluding hydrogens is 596 g/mol. The third-order valence-corrected chi connectivity index (χ3v) is 8.78. The second kappa shape index (κ2) is 13.9. The molecule has 2 N–H and O–H groups in total. The Morgan fingerprint density at radius 2 is 1.73 bits per heavy atom. The fraction of sp³-hybridized carbons (Fsp3) is 0.206. The van der Waals surface area contributed by atoms with Crippen LogP contribution >= 0.6 is 23.6 Å². The Hall–Kier alpha value is -4.38. The smallest absolute Gasteiger partial charge is 0.343 e. The van der Waals surface area contributed by atoms with E-state index >= 15 is 0 Å². The predicted molar refractivity (Wildman–Crippen MR) is 180 cm³/mol. The summed E-state index contributed by atoms with van der Waals surface area (Å²) < 4.78 is 21.9. The summed E-state index contributed by atoms with van der Waals surface area (Å²) in [5, 5.41) is 6.97. The number of carbonyl (C=O) groups is 1. The number of nitrogens with zero attached hydrogens (tertiary/aromatic N) is 2. The summed E-state index contributed by atoms with van der Waals surface area (Å²) in [5.41, 5.74) is 3.63. The Balaban J connectivity index is 1.70. The number of aromatic nitrogens is 1. The van der Waals surface area contributed by atoms with Crippen LogP contribution in [-0.4, -0.2) is 41.3 Å². The number of thiocarbonyl (C=S) groups is 1. The SMILES string of the molecule is CCOC(=O)c1cn(Cc2ccccc2F)c2sc(-c3ccc(NC(=S)NC)cc3)c(CN(C)Cc3ccccc3)c2c1=O. The maximum Gasteiger partial charge on any atom is 0.343 e. The third kappa shape index (κ3) is 6.88. The van der Waals surface area contributed by atoms with Crippen LogP contribution in [0, 0.1) is 5.82 Å². The zero-order valence-electron chi connectivity index (χ0n) is 24.7. The molecule has 0 amide bonds. The Morgan fingerprint density at radius 1 is 1.02 bits per heavy atom. The van der Waals surface area contributed by atoms with Crippen LogP contribution in [-0.2, 0) is 24.4 Å². The second-order valence-corrected chi connectivity index (χ2v) is 11.7. The number of benzene rings is 3. The molecule has 0 atom stereocenters. The zero-order chi connectivity index (χ0) is 31.2. The minimum Gasteiger partial charge on any atom is -0.462 e. The van der Waals surface area contributed by atoms with Gasteiger partial charge in [-0.15, -0.1) is 11.3 Å². The van der Waals surface area contributed by atoms with Gasteiger partial charge in [0.2, 0.25) is 5.43 Å². The summed E-state index contributed by atoms with van der Waals surface area (Å²) in [5.74, 6) is -1.06. The molecule has 0 unspecified atom stereocenters. The highest BCUT2D eigenvalue weighted by Crippen LogP contribution is 2.39. The molecule has 10 heteroatoms. The summed E-state index contributed by atoms with van der Waals surface area (Å²) >= 11 is 6.70. The van der Waals surface area contributed by atoms with E-state index in [-0.39, 0.29) is 24.5 Å². The Morgan fingerprint density at radius 3 is 2.41 bits per heavy atom. The van der Waals surface area contributed by atoms with Crippen molar-refractivity contribution in [3.8, 4) is 10.4 Å². The van der Waals surface area contributed by atoms with Gasteiger partial charge in [-0.3, -0.25) is 9.69 Å². The lowest BCUT2D eigenvalue weighted by Gasteiger charge is -2.18. The maximum atomic E-state index is 14.8. The summed E-state index contributed by atoms with van der Waals surface area (Å²) in [4.78, 5) is 30.8. The molecule has 7 nitrogen and oxygen atoms in total. The lowest BCUT2D eigenvalue weighted by Crippen LogP contribution is -2.24. The fourth-order valence-electron chi connectivity index (χ4n) is 5.08. The molecule has 44 heavy (non-hydrogen) atoms. The van der Waals surface area contributed by atoms with E-state index in [1.165, 1.54) is 23.6 Å². The summed E-state index contributed by atoms with van der Waals surface area (Å²) in [7, 11) is 3.75. The Labute approximate surface area is 264 Å². The number of pyridine rings is 1. The first kappa shape index (κ1) is 31.1. The monoisotopic (exact) mass is 628 g/mol. The van der Waals surface area contributed by atoms with E-state index < -0.39 is 11.4 Å². The number of esters is 1. The van der Waals surface area contributed by atoms with Gasteiger partial charge >= 0.3 is 5.97 Å². The van der Waals surface area contributed by atoms with Gasteiger partial charge in [0, 0.05) is 42.5 Å². The molecule has 0 aliphatic heterocycles. The standard InChI is InChI=1S/C34H33FN4O3S2/c1-4-42-33(41)27-21-39(19-24-12-8-9-13-28(24)35)32-29(30(27)40)26(20-38(3)18-22-10-6-5-7-11-22)31(44-32)23-14-16-25(17-15-23)37-34(43)36-2/h5-17,21H,4,18-20H2,1-3H3,(H2,36,37,43). The predicted octanol–water partition coefficient (Wildman–Crippen LogP) is 6.64. The van der Waals surface area contributed by atoms with Crippen molar-refractivity contribution in [2.45, 2.75) is 26.6 Å². The van der Waals surface area contributed by atoms with Crippen LogP contribution in [0.5, 0.6) is 0 Å². The molecule has 2 aromatic heterocycles. The van der Waals surface area contributed by atoms with Crippen molar-refractivity contribution in [1.29, 1.82) is 0 Å². The first-order chi connectivity index (χ1) is 21.3. The molecular formula is C34H33FN4O3S2. The van der Waals surface area contributed by atoms with Crippen LogP contribution < -0.4 is 16.1 Å². The summed E-state index contributed by atoms with van der Waals surface area (Å²) in [6.07, 6.45) is 1.50. The molecule has 5 rings (SSSR count). The van der Waals surface area contributed by atoms with Gasteiger partial charge in [-0.2, -0.15) is 0 Å². The van der Waals surface area contributed by atoms with Gasteiger partial charge in [-0.25, -0.2) is 9.18 Å². The van der Waals surface area contributed by atoms with Crippen LogP contribution in [0.1, 0.15) is 34.0 Å². The minimum atomic E-state index is -0.700. The molecule has 5 aromatic rings. The Kier molecular flexibility index (Phi) is 9.84. The van der Waals surface area contributed by atoms with Gasteiger partial charge in [-0.05, 0) is 61.1 Å². The number of carbonyl (C=O) groups excluding carboxylic acids is 1. The van der Waals surface area contributed by atoms with Crippen LogP contribution in [0.3, 0.4) is 0 Å². The quantitative estimate of drug-likeness (QED) is 0.133. The molecule has 0 spiro atoms. The van der Waals surface area contributed by atoms with Crippen LogP contribution in [0.2, 0.25) is 0 Å². The number of hydrogen-bond acceptors (Lipinski definition) is 6. The van der Waals surface area contributed by atoms with Gasteiger partial charge in [-0.1, -0.05) is 60.7 Å². The zero-order valence-corrected chi connectivity index (χ0v) is 26.4. The maximum absolute atomic E-state index is 14.8. The molecule has 0 aliphatic rings. The average molecular weight is 629 g/mol. The number of halogens is 1. The van der Waals surface area contributed by atoms with E-state index in [0.717, 1.165) is 27.3 Å². The number of fused-ring (bicyclic) bond motifs is 1. The number of thiophene rings is 1. The van der Waals surface area contributed by atoms with Gasteiger partial charge in [0.15, 0.2) is 5.11 Å². The first-order valence-corrected chi connectivity index (χ1v) is 15.4. The highest BCUT2D eigenvalue weighted by molar-refractivity contribution is 7.80. The molecule has 0 radical (unpaired) electrons. The molecule has 0 aliphatic carbocycles. The van der Waals surface area contributed by atoms with E-state index in [2.05, 4.69) is 27.7 Å². The molecule has 3 aromatic carbocycles. The number of nitrogens with one attached hydrogen (secondary N) is 2. The lowest BCUT2D eigenvalue weighted by molar-refractivity contribution is 0.0524. The van der Waals surface area contributed by atoms with E-state index in [4.69, 9.17) is 17.0 Å². The number of ether oxygens (including phenoxy) is 1. The third-order valence-electron chi connectivity index (χ3n) is 7.16. The van der Waals surface area contributed by atoms with Gasteiger partial charge in [0.05, 0.1) is 18.5 Å². The molecule has 0 bridgehead atoms.